The number of anilines is 1. The highest BCUT2D eigenvalue weighted by Gasteiger charge is 2.19. The summed E-state index contributed by atoms with van der Waals surface area (Å²) in [6, 6.07) is 4.03. The molecular formula is C14H22N2O4S. The van der Waals surface area contributed by atoms with Crippen LogP contribution in [0.2, 0.25) is 0 Å². The molecule has 0 aliphatic heterocycles. The minimum absolute atomic E-state index is 0.0467. The Labute approximate surface area is 125 Å². The van der Waals surface area contributed by atoms with E-state index in [1.54, 1.807) is 0 Å². The van der Waals surface area contributed by atoms with E-state index in [1.807, 2.05) is 6.92 Å². The van der Waals surface area contributed by atoms with Gasteiger partial charge in [-0.25, -0.2) is 8.42 Å². The first-order valence-corrected chi connectivity index (χ1v) is 8.75. The Morgan fingerprint density at radius 3 is 2.33 bits per heavy atom. The molecule has 0 aromatic heterocycles. The number of rotatable bonds is 7. The molecular weight excluding hydrogens is 292 g/mol. The maximum absolute atomic E-state index is 11.5. The highest BCUT2D eigenvalue weighted by Crippen LogP contribution is 2.28. The number of sulfone groups is 1. The van der Waals surface area contributed by atoms with Gasteiger partial charge in [0, 0.05) is 18.4 Å². The minimum Gasteiger partial charge on any atom is -0.377 e. The molecule has 6 nitrogen and oxygen atoms in total. The fourth-order valence-electron chi connectivity index (χ4n) is 1.94. The molecule has 0 heterocycles. The molecule has 1 atom stereocenters. The average molecular weight is 314 g/mol. The quantitative estimate of drug-likeness (QED) is 0.616. The number of nitro groups is 1. The van der Waals surface area contributed by atoms with Crippen molar-refractivity contribution in [1.29, 1.82) is 0 Å². The number of nitrogens with zero attached hydrogens (tertiary/aromatic N) is 1. The van der Waals surface area contributed by atoms with Gasteiger partial charge in [-0.2, -0.15) is 0 Å². The van der Waals surface area contributed by atoms with E-state index in [0.717, 1.165) is 25.2 Å². The van der Waals surface area contributed by atoms with Gasteiger partial charge < -0.3 is 5.32 Å². The third-order valence-corrected chi connectivity index (χ3v) is 4.28. The zero-order chi connectivity index (χ0) is 16.2. The largest absolute Gasteiger partial charge is 0.377 e. The van der Waals surface area contributed by atoms with Gasteiger partial charge in [-0.15, -0.1) is 0 Å². The van der Waals surface area contributed by atoms with Gasteiger partial charge in [0.15, 0.2) is 9.84 Å². The van der Waals surface area contributed by atoms with E-state index >= 15 is 0 Å². The van der Waals surface area contributed by atoms with Gasteiger partial charge >= 0.3 is 0 Å². The fourth-order valence-corrected chi connectivity index (χ4v) is 2.58. The summed E-state index contributed by atoms with van der Waals surface area (Å²) in [6.45, 7) is 6.20. The van der Waals surface area contributed by atoms with Crippen molar-refractivity contribution in [2.24, 2.45) is 5.92 Å². The second kappa shape index (κ2) is 6.89. The monoisotopic (exact) mass is 314 g/mol. The van der Waals surface area contributed by atoms with Crippen LogP contribution in [0.3, 0.4) is 0 Å². The van der Waals surface area contributed by atoms with Gasteiger partial charge in [0.05, 0.1) is 9.82 Å². The second-order valence-electron chi connectivity index (χ2n) is 5.72. The number of hydrogen-bond acceptors (Lipinski definition) is 5. The molecule has 1 rings (SSSR count). The summed E-state index contributed by atoms with van der Waals surface area (Å²) in [7, 11) is -3.46. The predicted octanol–water partition coefficient (Wildman–Crippen LogP) is 3.23. The van der Waals surface area contributed by atoms with Gasteiger partial charge in [0.2, 0.25) is 0 Å². The summed E-state index contributed by atoms with van der Waals surface area (Å²) < 4.78 is 23.0. The summed E-state index contributed by atoms with van der Waals surface area (Å²) in [6.07, 6.45) is 2.94. The van der Waals surface area contributed by atoms with Crippen LogP contribution in [-0.4, -0.2) is 25.6 Å². The number of benzene rings is 1. The lowest BCUT2D eigenvalue weighted by molar-refractivity contribution is -0.384. The van der Waals surface area contributed by atoms with Crippen LogP contribution in [0.1, 0.15) is 33.6 Å². The van der Waals surface area contributed by atoms with Crippen molar-refractivity contribution in [3.05, 3.63) is 28.3 Å². The summed E-state index contributed by atoms with van der Waals surface area (Å²) in [5.74, 6) is 0.567. The summed E-state index contributed by atoms with van der Waals surface area (Å²) in [5, 5.41) is 14.2. The van der Waals surface area contributed by atoms with Crippen LogP contribution < -0.4 is 5.32 Å². The maximum Gasteiger partial charge on any atom is 0.293 e. The van der Waals surface area contributed by atoms with Gasteiger partial charge in [-0.05, 0) is 37.8 Å². The number of hydrogen-bond donors (Lipinski definition) is 1. The lowest BCUT2D eigenvalue weighted by Crippen LogP contribution is -2.17. The summed E-state index contributed by atoms with van der Waals surface area (Å²) in [5.41, 5.74) is 0.137. The maximum atomic E-state index is 11.5. The second-order valence-corrected chi connectivity index (χ2v) is 7.74. The van der Waals surface area contributed by atoms with E-state index in [4.69, 9.17) is 0 Å². The van der Waals surface area contributed by atoms with Crippen LogP contribution in [0.4, 0.5) is 11.4 Å². The lowest BCUT2D eigenvalue weighted by atomic mass is 10.0. The first-order chi connectivity index (χ1) is 9.61. The summed E-state index contributed by atoms with van der Waals surface area (Å²) in [4.78, 5) is 10.5. The molecule has 0 amide bonds. The number of nitrogens with one attached hydrogen (secondary N) is 1. The molecule has 1 N–H and O–H groups in total. The zero-order valence-corrected chi connectivity index (χ0v) is 13.6. The molecule has 0 radical (unpaired) electrons. The molecule has 1 aromatic carbocycles. The Hall–Kier alpha value is -1.63. The van der Waals surface area contributed by atoms with Crippen LogP contribution in [0.25, 0.3) is 0 Å². The van der Waals surface area contributed by atoms with Crippen molar-refractivity contribution in [3.63, 3.8) is 0 Å². The standard InChI is InChI=1S/C14H22N2O4S/c1-10(2)5-6-11(3)15-13-8-7-12(21(4,19)20)9-14(13)16(17)18/h7-11,15H,5-6H2,1-4H3. The molecule has 0 aliphatic carbocycles. The third kappa shape index (κ3) is 5.34. The Morgan fingerprint density at radius 2 is 1.86 bits per heavy atom. The Morgan fingerprint density at radius 1 is 1.24 bits per heavy atom. The highest BCUT2D eigenvalue weighted by atomic mass is 32.2. The molecule has 21 heavy (non-hydrogen) atoms. The third-order valence-electron chi connectivity index (χ3n) is 3.17. The Kier molecular flexibility index (Phi) is 5.71. The van der Waals surface area contributed by atoms with E-state index in [-0.39, 0.29) is 16.6 Å². The predicted molar refractivity (Wildman–Crippen MR) is 83.4 cm³/mol. The molecule has 118 valence electrons. The molecule has 1 unspecified atom stereocenters. The van der Waals surface area contributed by atoms with E-state index in [2.05, 4.69) is 19.2 Å². The SMILES string of the molecule is CC(C)CCC(C)Nc1ccc(S(C)(=O)=O)cc1[N+](=O)[O-]. The molecule has 0 aliphatic rings. The van der Waals surface area contributed by atoms with Crippen LogP contribution in [0.15, 0.2) is 23.1 Å². The first-order valence-electron chi connectivity index (χ1n) is 6.86. The molecule has 0 bridgehead atoms. The zero-order valence-electron chi connectivity index (χ0n) is 12.8. The van der Waals surface area contributed by atoms with Crippen LogP contribution in [-0.2, 0) is 9.84 Å². The van der Waals surface area contributed by atoms with Crippen molar-refractivity contribution in [1.82, 2.24) is 0 Å². The first kappa shape index (κ1) is 17.4. The molecule has 7 heteroatoms. The van der Waals surface area contributed by atoms with Crippen LogP contribution in [0.5, 0.6) is 0 Å². The van der Waals surface area contributed by atoms with Crippen molar-refractivity contribution < 1.29 is 13.3 Å². The average Bonchev–Trinajstić information content (AvgIpc) is 2.35. The Balaban J connectivity index is 3.00. The summed E-state index contributed by atoms with van der Waals surface area (Å²) >= 11 is 0. The van der Waals surface area contributed by atoms with Gasteiger partial charge in [0.25, 0.3) is 5.69 Å². The van der Waals surface area contributed by atoms with E-state index < -0.39 is 14.8 Å². The molecule has 0 saturated heterocycles. The fraction of sp³-hybridized carbons (Fsp3) is 0.571. The van der Waals surface area contributed by atoms with Crippen LogP contribution >= 0.6 is 0 Å². The molecule has 1 aromatic rings. The van der Waals surface area contributed by atoms with Crippen molar-refractivity contribution >= 4 is 21.2 Å². The van der Waals surface area contributed by atoms with Gasteiger partial charge in [-0.1, -0.05) is 13.8 Å². The highest BCUT2D eigenvalue weighted by molar-refractivity contribution is 7.90. The molecule has 0 saturated carbocycles. The van der Waals surface area contributed by atoms with E-state index in [1.165, 1.54) is 12.1 Å². The number of nitro benzene ring substituents is 1. The van der Waals surface area contributed by atoms with E-state index in [9.17, 15) is 18.5 Å². The van der Waals surface area contributed by atoms with Gasteiger partial charge in [-0.3, -0.25) is 10.1 Å². The van der Waals surface area contributed by atoms with Crippen molar-refractivity contribution in [2.75, 3.05) is 11.6 Å². The minimum atomic E-state index is -3.46. The molecule has 0 fully saturated rings. The Bertz CT molecular complexity index is 611. The van der Waals surface area contributed by atoms with Crippen LogP contribution in [0, 0.1) is 16.0 Å². The lowest BCUT2D eigenvalue weighted by Gasteiger charge is -2.16. The topological polar surface area (TPSA) is 89.3 Å². The smallest absolute Gasteiger partial charge is 0.293 e. The van der Waals surface area contributed by atoms with E-state index in [0.29, 0.717) is 11.6 Å². The molecule has 0 spiro atoms. The van der Waals surface area contributed by atoms with Gasteiger partial charge in [0.1, 0.15) is 5.69 Å². The normalized spacial score (nSPS) is 13.2. The van der Waals surface area contributed by atoms with Crippen molar-refractivity contribution in [2.45, 2.75) is 44.6 Å². The van der Waals surface area contributed by atoms with Crippen molar-refractivity contribution in [3.8, 4) is 0 Å².